The molecule has 3 aromatic heterocycles. The van der Waals surface area contributed by atoms with Crippen molar-refractivity contribution in [2.45, 2.75) is 31.5 Å². The van der Waals surface area contributed by atoms with Gasteiger partial charge in [0, 0.05) is 56.5 Å². The number of fused-ring (bicyclic) bond motifs is 1. The summed E-state index contributed by atoms with van der Waals surface area (Å²) in [6.45, 7) is 0.486. The first-order chi connectivity index (χ1) is 17.6. The lowest BCUT2D eigenvalue weighted by Crippen LogP contribution is -2.40. The minimum atomic E-state index is 0. The molecule has 0 radical (unpaired) electrons. The molecule has 2 aromatic carbocycles. The summed E-state index contributed by atoms with van der Waals surface area (Å²) in [7, 11) is 3.72. The van der Waals surface area contributed by atoms with Gasteiger partial charge in [-0.2, -0.15) is 0 Å². The number of aryl methyl sites for hydroxylation is 1. The Bertz CT molecular complexity index is 1520. The molecule has 0 aliphatic heterocycles. The normalized spacial score (nSPS) is 16.8. The molecule has 0 unspecified atom stereocenters. The van der Waals surface area contributed by atoms with Crippen LogP contribution in [0.4, 0.5) is 5.82 Å². The van der Waals surface area contributed by atoms with Crippen LogP contribution in [0.1, 0.15) is 18.4 Å². The van der Waals surface area contributed by atoms with E-state index in [-0.39, 0.29) is 24.6 Å². The fourth-order valence-corrected chi connectivity index (χ4v) is 4.91. The van der Waals surface area contributed by atoms with Crippen LogP contribution in [0.25, 0.3) is 39.4 Å². The number of hydrogen-bond acceptors (Lipinski definition) is 6. The minimum absolute atomic E-state index is 0. The molecule has 6 rings (SSSR count). The molecule has 190 valence electrons. The maximum absolute atomic E-state index is 5.98. The summed E-state index contributed by atoms with van der Waals surface area (Å²) >= 11 is 0. The molecule has 1 fully saturated rings. The minimum Gasteiger partial charge on any atom is -0.381 e. The van der Waals surface area contributed by atoms with Crippen molar-refractivity contribution in [2.24, 2.45) is 12.8 Å². The maximum Gasteiger partial charge on any atom is 0.218 e. The molecule has 0 spiro atoms. The molecule has 0 atom stereocenters. The molecule has 1 aliphatic carbocycles. The van der Waals surface area contributed by atoms with Gasteiger partial charge in [-0.1, -0.05) is 48.5 Å². The average Bonchev–Trinajstić information content (AvgIpc) is 3.50. The largest absolute Gasteiger partial charge is 0.381 e. The monoisotopic (exact) mass is 515 g/mol. The number of hydrogen-bond donors (Lipinski definition) is 2. The van der Waals surface area contributed by atoms with E-state index in [1.54, 1.807) is 13.3 Å². The van der Waals surface area contributed by atoms with E-state index < -0.39 is 0 Å². The molecule has 0 amide bonds. The number of rotatable bonds is 7. The molecule has 1 aliphatic rings. The van der Waals surface area contributed by atoms with Crippen LogP contribution in [0.3, 0.4) is 0 Å². The summed E-state index contributed by atoms with van der Waals surface area (Å²) in [5.41, 5.74) is 12.4. The zero-order valence-corrected chi connectivity index (χ0v) is 21.7. The Morgan fingerprint density at radius 3 is 2.57 bits per heavy atom. The van der Waals surface area contributed by atoms with Gasteiger partial charge in [0.15, 0.2) is 11.6 Å². The SMILES string of the molecule is COC1CC(Nc2nc(-c3nccn3C)nn3cc(-c4cccc(CN)c4)c(-c4ccccc4)c23)C1.Cl. The first-order valence-electron chi connectivity index (χ1n) is 12.2. The Morgan fingerprint density at radius 1 is 1.08 bits per heavy atom. The van der Waals surface area contributed by atoms with Gasteiger partial charge in [-0.3, -0.25) is 0 Å². The summed E-state index contributed by atoms with van der Waals surface area (Å²) in [6.07, 6.45) is 7.92. The molecule has 5 aromatic rings. The van der Waals surface area contributed by atoms with Crippen LogP contribution < -0.4 is 11.1 Å². The van der Waals surface area contributed by atoms with Crippen LogP contribution >= 0.6 is 12.4 Å². The third-order valence-electron chi connectivity index (χ3n) is 6.96. The van der Waals surface area contributed by atoms with Crippen LogP contribution in [0.15, 0.2) is 73.2 Å². The van der Waals surface area contributed by atoms with E-state index in [0.717, 1.165) is 52.0 Å². The molecule has 37 heavy (non-hydrogen) atoms. The van der Waals surface area contributed by atoms with Gasteiger partial charge < -0.3 is 20.4 Å². The van der Waals surface area contributed by atoms with Crippen LogP contribution in [-0.2, 0) is 18.3 Å². The first-order valence-corrected chi connectivity index (χ1v) is 12.2. The Labute approximate surface area is 221 Å². The second-order valence-corrected chi connectivity index (χ2v) is 9.30. The molecular weight excluding hydrogens is 486 g/mol. The summed E-state index contributed by atoms with van der Waals surface area (Å²) < 4.78 is 9.39. The van der Waals surface area contributed by atoms with Crippen molar-refractivity contribution in [3.05, 3.63) is 78.8 Å². The highest BCUT2D eigenvalue weighted by Crippen LogP contribution is 2.41. The fourth-order valence-electron chi connectivity index (χ4n) is 4.91. The molecule has 9 heteroatoms. The molecule has 0 bridgehead atoms. The first kappa shape index (κ1) is 25.0. The van der Waals surface area contributed by atoms with E-state index in [4.69, 9.17) is 20.6 Å². The highest BCUT2D eigenvalue weighted by Gasteiger charge is 2.31. The van der Waals surface area contributed by atoms with E-state index in [1.165, 1.54) is 0 Å². The summed E-state index contributed by atoms with van der Waals surface area (Å²) in [6, 6.07) is 19.1. The summed E-state index contributed by atoms with van der Waals surface area (Å²) in [4.78, 5) is 9.52. The predicted molar refractivity (Wildman–Crippen MR) is 149 cm³/mol. The Morgan fingerprint density at radius 2 is 1.86 bits per heavy atom. The number of imidazole rings is 1. The zero-order valence-electron chi connectivity index (χ0n) is 20.8. The lowest BCUT2D eigenvalue weighted by atomic mass is 9.89. The molecule has 3 heterocycles. The number of nitrogens with zero attached hydrogens (tertiary/aromatic N) is 5. The van der Waals surface area contributed by atoms with Gasteiger partial charge in [-0.25, -0.2) is 14.5 Å². The molecular formula is C28H30ClN7O. The van der Waals surface area contributed by atoms with E-state index in [2.05, 4.69) is 65.0 Å². The second kappa shape index (κ2) is 10.3. The topological polar surface area (TPSA) is 95.3 Å². The number of ether oxygens (including phenoxy) is 1. The quantitative estimate of drug-likeness (QED) is 0.319. The van der Waals surface area contributed by atoms with E-state index in [1.807, 2.05) is 28.4 Å². The molecule has 0 saturated heterocycles. The predicted octanol–water partition coefficient (Wildman–Crippen LogP) is 4.93. The summed E-state index contributed by atoms with van der Waals surface area (Å²) in [5.74, 6) is 2.07. The Hall–Kier alpha value is -3.72. The molecule has 1 saturated carbocycles. The number of nitrogens with one attached hydrogen (secondary N) is 1. The fraction of sp³-hybridized carbons (Fsp3) is 0.250. The van der Waals surface area contributed by atoms with Gasteiger partial charge in [0.25, 0.3) is 0 Å². The highest BCUT2D eigenvalue weighted by molar-refractivity contribution is 5.99. The average molecular weight is 516 g/mol. The van der Waals surface area contributed by atoms with Crippen molar-refractivity contribution >= 4 is 23.7 Å². The third-order valence-corrected chi connectivity index (χ3v) is 6.96. The molecule has 8 nitrogen and oxygen atoms in total. The highest BCUT2D eigenvalue weighted by atomic mass is 35.5. The van der Waals surface area contributed by atoms with Crippen LogP contribution in [0.5, 0.6) is 0 Å². The van der Waals surface area contributed by atoms with Crippen LogP contribution in [0, 0.1) is 0 Å². The lowest BCUT2D eigenvalue weighted by Gasteiger charge is -2.35. The van der Waals surface area contributed by atoms with E-state index in [9.17, 15) is 0 Å². The Kier molecular flexibility index (Phi) is 6.97. The zero-order chi connectivity index (χ0) is 24.6. The van der Waals surface area contributed by atoms with Gasteiger partial charge in [-0.15, -0.1) is 17.5 Å². The lowest BCUT2D eigenvalue weighted by molar-refractivity contribution is 0.0328. The number of halogens is 1. The number of methoxy groups -OCH3 is 1. The second-order valence-electron chi connectivity index (χ2n) is 9.30. The van der Waals surface area contributed by atoms with Crippen molar-refractivity contribution in [1.29, 1.82) is 0 Å². The van der Waals surface area contributed by atoms with Crippen LogP contribution in [0.2, 0.25) is 0 Å². The van der Waals surface area contributed by atoms with Gasteiger partial charge >= 0.3 is 0 Å². The molecule has 3 N–H and O–H groups in total. The van der Waals surface area contributed by atoms with Crippen molar-refractivity contribution in [3.63, 3.8) is 0 Å². The number of aromatic nitrogens is 5. The smallest absolute Gasteiger partial charge is 0.218 e. The maximum atomic E-state index is 5.98. The van der Waals surface area contributed by atoms with E-state index >= 15 is 0 Å². The van der Waals surface area contributed by atoms with Crippen molar-refractivity contribution in [3.8, 4) is 33.9 Å². The number of benzene rings is 2. The van der Waals surface area contributed by atoms with E-state index in [0.29, 0.717) is 18.2 Å². The standard InChI is InChI=1S/C28H29N7O.ClH/c1-34-12-11-30-28(34)27-32-26(31-21-14-22(15-21)36-2)25-24(19-8-4-3-5-9-19)23(17-35(25)33-27)20-10-6-7-18(13-20)16-29;/h3-13,17,21-22H,14-16,29H2,1-2H3,(H,31,32,33);1H. The number of anilines is 1. The Balaban J connectivity index is 0.00000280. The van der Waals surface area contributed by atoms with Gasteiger partial charge in [0.1, 0.15) is 5.52 Å². The van der Waals surface area contributed by atoms with Crippen molar-refractivity contribution < 1.29 is 4.74 Å². The van der Waals surface area contributed by atoms with Gasteiger partial charge in [0.2, 0.25) is 5.82 Å². The van der Waals surface area contributed by atoms with Gasteiger partial charge in [-0.05, 0) is 35.6 Å². The van der Waals surface area contributed by atoms with Crippen molar-refractivity contribution in [1.82, 2.24) is 24.1 Å². The van der Waals surface area contributed by atoms with Gasteiger partial charge in [0.05, 0.1) is 6.10 Å². The number of nitrogens with two attached hydrogens (primary N) is 1. The van der Waals surface area contributed by atoms with Crippen molar-refractivity contribution in [2.75, 3.05) is 12.4 Å². The third kappa shape index (κ3) is 4.59. The van der Waals surface area contributed by atoms with Crippen LogP contribution in [-0.4, -0.2) is 43.4 Å². The summed E-state index contributed by atoms with van der Waals surface area (Å²) in [5, 5.41) is 8.63.